The van der Waals surface area contributed by atoms with Gasteiger partial charge in [-0.25, -0.2) is 4.39 Å². The minimum absolute atomic E-state index is 0.104. The molecule has 4 aromatic rings. The molecule has 0 atom stereocenters. The lowest BCUT2D eigenvalue weighted by atomic mass is 10.2. The Morgan fingerprint density at radius 3 is 2.62 bits per heavy atom. The predicted octanol–water partition coefficient (Wildman–Crippen LogP) is 4.81. The summed E-state index contributed by atoms with van der Waals surface area (Å²) < 4.78 is 23.9. The molecule has 0 saturated carbocycles. The van der Waals surface area contributed by atoms with Crippen LogP contribution in [0.15, 0.2) is 77.6 Å². The molecule has 32 heavy (non-hydrogen) atoms. The van der Waals surface area contributed by atoms with Gasteiger partial charge in [0.2, 0.25) is 17.6 Å². The molecular weight excluding hydrogens is 411 g/mol. The molecule has 0 aliphatic rings. The van der Waals surface area contributed by atoms with Crippen molar-refractivity contribution in [1.29, 1.82) is 0 Å². The maximum atomic E-state index is 13.0. The molecule has 0 bridgehead atoms. The second-order valence-corrected chi connectivity index (χ2v) is 7.09. The first-order chi connectivity index (χ1) is 15.7. The van der Waals surface area contributed by atoms with E-state index in [1.807, 2.05) is 12.1 Å². The highest BCUT2D eigenvalue weighted by Gasteiger charge is 2.10. The van der Waals surface area contributed by atoms with Crippen LogP contribution in [0.4, 0.5) is 10.1 Å². The Balaban J connectivity index is 1.20. The lowest BCUT2D eigenvalue weighted by molar-refractivity contribution is -0.116. The molecule has 1 N–H and O–H groups in total. The van der Waals surface area contributed by atoms with Gasteiger partial charge in [0.1, 0.15) is 18.2 Å². The maximum absolute atomic E-state index is 13.0. The van der Waals surface area contributed by atoms with E-state index in [4.69, 9.17) is 9.26 Å². The first kappa shape index (κ1) is 21.2. The van der Waals surface area contributed by atoms with Crippen LogP contribution in [0.3, 0.4) is 0 Å². The van der Waals surface area contributed by atoms with Crippen LogP contribution < -0.4 is 10.1 Å². The lowest BCUT2D eigenvalue weighted by Crippen LogP contribution is -2.11. The van der Waals surface area contributed by atoms with E-state index < -0.39 is 0 Å². The van der Waals surface area contributed by atoms with Gasteiger partial charge < -0.3 is 14.6 Å². The van der Waals surface area contributed by atoms with Crippen LogP contribution >= 0.6 is 0 Å². The predicted molar refractivity (Wildman–Crippen MR) is 116 cm³/mol. The molecule has 162 valence electrons. The fourth-order valence-corrected chi connectivity index (χ4v) is 2.98. The molecule has 0 unspecified atom stereocenters. The number of amides is 1. The van der Waals surface area contributed by atoms with E-state index in [1.165, 1.54) is 12.1 Å². The Kier molecular flexibility index (Phi) is 6.81. The quantitative estimate of drug-likeness (QED) is 0.408. The Labute approximate surface area is 184 Å². The van der Waals surface area contributed by atoms with E-state index in [1.54, 1.807) is 48.8 Å². The number of pyridine rings is 1. The highest BCUT2D eigenvalue weighted by molar-refractivity contribution is 5.90. The summed E-state index contributed by atoms with van der Waals surface area (Å²) in [5, 5.41) is 6.76. The summed E-state index contributed by atoms with van der Waals surface area (Å²) in [7, 11) is 0. The van der Waals surface area contributed by atoms with Gasteiger partial charge in [-0.15, -0.1) is 0 Å². The summed E-state index contributed by atoms with van der Waals surface area (Å²) in [5.74, 6) is 1.12. The molecule has 0 saturated heterocycles. The number of anilines is 1. The van der Waals surface area contributed by atoms with Gasteiger partial charge in [0.15, 0.2) is 0 Å². The molecule has 0 aliphatic heterocycles. The highest BCUT2D eigenvalue weighted by atomic mass is 19.1. The average Bonchev–Trinajstić information content (AvgIpc) is 3.29. The number of ether oxygens (including phenoxy) is 1. The summed E-state index contributed by atoms with van der Waals surface area (Å²) in [6.07, 6.45) is 4.82. The molecule has 2 aromatic heterocycles. The monoisotopic (exact) mass is 432 g/mol. The highest BCUT2D eigenvalue weighted by Crippen LogP contribution is 2.19. The van der Waals surface area contributed by atoms with E-state index in [2.05, 4.69) is 20.4 Å². The molecular formula is C24H21FN4O3. The number of benzene rings is 2. The van der Waals surface area contributed by atoms with Crippen molar-refractivity contribution >= 4 is 11.6 Å². The van der Waals surface area contributed by atoms with Crippen molar-refractivity contribution in [3.05, 3.63) is 90.3 Å². The summed E-state index contributed by atoms with van der Waals surface area (Å²) >= 11 is 0. The van der Waals surface area contributed by atoms with Gasteiger partial charge in [-0.1, -0.05) is 11.2 Å². The normalized spacial score (nSPS) is 10.7. The number of rotatable bonds is 9. The number of nitrogens with zero attached hydrogens (tertiary/aromatic N) is 3. The van der Waals surface area contributed by atoms with Crippen LogP contribution in [0.1, 0.15) is 24.3 Å². The summed E-state index contributed by atoms with van der Waals surface area (Å²) in [5.41, 5.74) is 2.35. The third kappa shape index (κ3) is 5.98. The number of carbonyl (C=O) groups is 1. The van der Waals surface area contributed by atoms with E-state index >= 15 is 0 Å². The zero-order valence-electron chi connectivity index (χ0n) is 17.2. The van der Waals surface area contributed by atoms with E-state index in [9.17, 15) is 9.18 Å². The number of hydrogen-bond donors (Lipinski definition) is 1. The molecule has 0 fully saturated rings. The Morgan fingerprint density at radius 1 is 1.06 bits per heavy atom. The lowest BCUT2D eigenvalue weighted by Gasteiger charge is -2.08. The summed E-state index contributed by atoms with van der Waals surface area (Å²) in [6, 6.07) is 16.9. The maximum Gasteiger partial charge on any atom is 0.226 e. The third-order valence-electron chi connectivity index (χ3n) is 4.63. The topological polar surface area (TPSA) is 90.1 Å². The fourth-order valence-electron chi connectivity index (χ4n) is 2.98. The zero-order valence-corrected chi connectivity index (χ0v) is 17.2. The molecule has 4 rings (SSSR count). The van der Waals surface area contributed by atoms with E-state index in [-0.39, 0.29) is 11.7 Å². The number of aromatic nitrogens is 3. The second-order valence-electron chi connectivity index (χ2n) is 7.09. The third-order valence-corrected chi connectivity index (χ3v) is 4.63. The SMILES string of the molecule is O=C(CCCc1nc(-c2ccc(F)cc2)no1)Nc1ccc(OCc2cccnc2)cc1. The summed E-state index contributed by atoms with van der Waals surface area (Å²) in [6.45, 7) is 0.429. The van der Waals surface area contributed by atoms with E-state index in [0.717, 1.165) is 5.56 Å². The van der Waals surface area contributed by atoms with Crippen molar-refractivity contribution in [2.24, 2.45) is 0 Å². The van der Waals surface area contributed by atoms with Crippen molar-refractivity contribution in [3.8, 4) is 17.1 Å². The largest absolute Gasteiger partial charge is 0.489 e. The van der Waals surface area contributed by atoms with Crippen molar-refractivity contribution < 1.29 is 18.4 Å². The van der Waals surface area contributed by atoms with Gasteiger partial charge in [-0.2, -0.15) is 4.98 Å². The van der Waals surface area contributed by atoms with Gasteiger partial charge in [-0.3, -0.25) is 9.78 Å². The molecule has 2 aromatic carbocycles. The fraction of sp³-hybridized carbons (Fsp3) is 0.167. The van der Waals surface area contributed by atoms with E-state index in [0.29, 0.717) is 54.6 Å². The van der Waals surface area contributed by atoms with Crippen LogP contribution in [0.5, 0.6) is 5.75 Å². The first-order valence-corrected chi connectivity index (χ1v) is 10.2. The Hall–Kier alpha value is -4.07. The van der Waals surface area contributed by atoms with Gasteiger partial charge in [-0.05, 0) is 61.0 Å². The zero-order chi connectivity index (χ0) is 22.2. The first-order valence-electron chi connectivity index (χ1n) is 10.2. The average molecular weight is 432 g/mol. The second kappa shape index (κ2) is 10.3. The van der Waals surface area contributed by atoms with Crippen molar-refractivity contribution in [2.45, 2.75) is 25.9 Å². The van der Waals surface area contributed by atoms with Crippen LogP contribution in [0.2, 0.25) is 0 Å². The Morgan fingerprint density at radius 2 is 1.88 bits per heavy atom. The van der Waals surface area contributed by atoms with Gasteiger partial charge in [0, 0.05) is 42.0 Å². The minimum atomic E-state index is -0.324. The number of carbonyl (C=O) groups excluding carboxylic acids is 1. The van der Waals surface area contributed by atoms with Gasteiger partial charge in [0.25, 0.3) is 0 Å². The molecule has 8 heteroatoms. The molecule has 0 spiro atoms. The van der Waals surface area contributed by atoms with Crippen molar-refractivity contribution in [3.63, 3.8) is 0 Å². The minimum Gasteiger partial charge on any atom is -0.489 e. The smallest absolute Gasteiger partial charge is 0.226 e. The molecule has 2 heterocycles. The van der Waals surface area contributed by atoms with Crippen LogP contribution in [0.25, 0.3) is 11.4 Å². The van der Waals surface area contributed by atoms with Crippen LogP contribution in [-0.4, -0.2) is 21.0 Å². The standard InChI is InChI=1S/C24H21FN4O3/c25-19-8-6-18(7-9-19)24-28-23(32-29-24)5-1-4-22(30)27-20-10-12-21(13-11-20)31-16-17-3-2-14-26-15-17/h2-3,6-15H,1,4-5,16H2,(H,27,30). The van der Waals surface area contributed by atoms with Crippen molar-refractivity contribution in [2.75, 3.05) is 5.32 Å². The molecule has 7 nitrogen and oxygen atoms in total. The van der Waals surface area contributed by atoms with Crippen LogP contribution in [-0.2, 0) is 17.8 Å². The molecule has 0 radical (unpaired) electrons. The van der Waals surface area contributed by atoms with Gasteiger partial charge >= 0.3 is 0 Å². The molecule has 0 aliphatic carbocycles. The van der Waals surface area contributed by atoms with Crippen molar-refractivity contribution in [1.82, 2.24) is 15.1 Å². The Bertz CT molecular complexity index is 1150. The summed E-state index contributed by atoms with van der Waals surface area (Å²) in [4.78, 5) is 20.5. The van der Waals surface area contributed by atoms with Gasteiger partial charge in [0.05, 0.1) is 0 Å². The number of hydrogen-bond acceptors (Lipinski definition) is 6. The number of halogens is 1. The molecule has 1 amide bonds. The number of aryl methyl sites for hydroxylation is 1. The van der Waals surface area contributed by atoms with Crippen LogP contribution in [0, 0.1) is 5.82 Å². The number of nitrogens with one attached hydrogen (secondary N) is 1.